The molecule has 2 N–H and O–H groups in total. The van der Waals surface area contributed by atoms with Gasteiger partial charge in [-0.2, -0.15) is 0 Å². The van der Waals surface area contributed by atoms with Crippen LogP contribution in [0, 0.1) is 0 Å². The number of amides is 1. The molecule has 0 aliphatic rings. The van der Waals surface area contributed by atoms with Crippen LogP contribution in [0.3, 0.4) is 0 Å². The first-order valence-electron chi connectivity index (χ1n) is 6.78. The first-order valence-corrected chi connectivity index (χ1v) is 6.78. The second-order valence-electron chi connectivity index (χ2n) is 4.84. The number of benzene rings is 1. The minimum Gasteiger partial charge on any atom is -0.385 e. The van der Waals surface area contributed by atoms with Crippen LogP contribution < -0.4 is 10.6 Å². The fourth-order valence-corrected chi connectivity index (χ4v) is 1.69. The highest BCUT2D eigenvalue weighted by Crippen LogP contribution is 2.10. The third kappa shape index (κ3) is 5.21. The average Bonchev–Trinajstić information content (AvgIpc) is 2.34. The third-order valence-electron chi connectivity index (χ3n) is 2.68. The molecule has 0 aliphatic heterocycles. The van der Waals surface area contributed by atoms with Crippen LogP contribution in [0.2, 0.25) is 0 Å². The maximum atomic E-state index is 11.7. The summed E-state index contributed by atoms with van der Waals surface area (Å²) in [5.74, 6) is -0.0115. The van der Waals surface area contributed by atoms with Crippen LogP contribution in [0.15, 0.2) is 24.3 Å². The number of unbranched alkanes of at least 4 members (excludes halogenated alkanes) is 2. The van der Waals surface area contributed by atoms with E-state index in [4.69, 9.17) is 0 Å². The highest BCUT2D eigenvalue weighted by Gasteiger charge is 2.05. The molecule has 0 fully saturated rings. The van der Waals surface area contributed by atoms with Gasteiger partial charge in [0.25, 0.3) is 5.91 Å². The number of hydrogen-bond donors (Lipinski definition) is 2. The van der Waals surface area contributed by atoms with Gasteiger partial charge in [0.15, 0.2) is 0 Å². The van der Waals surface area contributed by atoms with Gasteiger partial charge in [0, 0.05) is 23.8 Å². The van der Waals surface area contributed by atoms with E-state index in [2.05, 4.69) is 17.6 Å². The molecule has 100 valence electrons. The molecule has 0 saturated heterocycles. The number of hydrogen-bond acceptors (Lipinski definition) is 2. The largest absolute Gasteiger partial charge is 0.385 e. The van der Waals surface area contributed by atoms with Gasteiger partial charge in [0.05, 0.1) is 0 Å². The Labute approximate surface area is 110 Å². The Bertz CT molecular complexity index is 357. The number of nitrogens with one attached hydrogen (secondary N) is 2. The smallest absolute Gasteiger partial charge is 0.251 e. The van der Waals surface area contributed by atoms with Crippen molar-refractivity contribution in [3.8, 4) is 0 Å². The Morgan fingerprint density at radius 3 is 2.39 bits per heavy atom. The summed E-state index contributed by atoms with van der Waals surface area (Å²) in [6.45, 7) is 7.11. The van der Waals surface area contributed by atoms with Crippen LogP contribution in [0.5, 0.6) is 0 Å². The fourth-order valence-electron chi connectivity index (χ4n) is 1.69. The van der Waals surface area contributed by atoms with E-state index in [0.29, 0.717) is 5.56 Å². The lowest BCUT2D eigenvalue weighted by Crippen LogP contribution is -2.29. The van der Waals surface area contributed by atoms with E-state index >= 15 is 0 Å². The summed E-state index contributed by atoms with van der Waals surface area (Å²) in [6, 6.07) is 7.81. The molecule has 0 aromatic heterocycles. The van der Waals surface area contributed by atoms with Crippen molar-refractivity contribution in [2.75, 3.05) is 11.9 Å². The number of rotatable bonds is 7. The number of carbonyl (C=O) groups is 1. The fraction of sp³-hybridized carbons (Fsp3) is 0.533. The molecule has 1 aromatic carbocycles. The zero-order valence-electron chi connectivity index (χ0n) is 11.6. The molecule has 0 atom stereocenters. The van der Waals surface area contributed by atoms with Gasteiger partial charge in [-0.15, -0.1) is 0 Å². The van der Waals surface area contributed by atoms with E-state index in [-0.39, 0.29) is 11.9 Å². The molecule has 0 saturated carbocycles. The normalized spacial score (nSPS) is 10.4. The second kappa shape index (κ2) is 7.75. The van der Waals surface area contributed by atoms with E-state index in [1.54, 1.807) is 0 Å². The predicted octanol–water partition coefficient (Wildman–Crippen LogP) is 3.43. The minimum absolute atomic E-state index is 0.0115. The molecular weight excluding hydrogens is 224 g/mol. The molecule has 0 aliphatic carbocycles. The van der Waals surface area contributed by atoms with Crippen molar-refractivity contribution in [2.24, 2.45) is 0 Å². The zero-order valence-corrected chi connectivity index (χ0v) is 11.6. The Morgan fingerprint density at radius 1 is 1.17 bits per heavy atom. The van der Waals surface area contributed by atoms with E-state index in [0.717, 1.165) is 12.2 Å². The van der Waals surface area contributed by atoms with Gasteiger partial charge in [-0.1, -0.05) is 19.8 Å². The third-order valence-corrected chi connectivity index (χ3v) is 2.68. The summed E-state index contributed by atoms with van der Waals surface area (Å²) >= 11 is 0. The SMILES string of the molecule is CCCCCNc1ccc(C(=O)NC(C)C)cc1. The average molecular weight is 248 g/mol. The topological polar surface area (TPSA) is 41.1 Å². The molecule has 3 nitrogen and oxygen atoms in total. The molecule has 3 heteroatoms. The molecule has 1 aromatic rings. The minimum atomic E-state index is -0.0115. The molecule has 0 unspecified atom stereocenters. The van der Waals surface area contributed by atoms with E-state index < -0.39 is 0 Å². The van der Waals surface area contributed by atoms with Crippen LogP contribution in [0.25, 0.3) is 0 Å². The van der Waals surface area contributed by atoms with Crippen molar-refractivity contribution in [1.29, 1.82) is 0 Å². The van der Waals surface area contributed by atoms with Gasteiger partial charge < -0.3 is 10.6 Å². The lowest BCUT2D eigenvalue weighted by atomic mass is 10.2. The van der Waals surface area contributed by atoms with Gasteiger partial charge >= 0.3 is 0 Å². The lowest BCUT2D eigenvalue weighted by molar-refractivity contribution is 0.0943. The number of anilines is 1. The standard InChI is InChI=1S/C15H24N2O/c1-4-5-6-11-16-14-9-7-13(8-10-14)15(18)17-12(2)3/h7-10,12,16H,4-6,11H2,1-3H3,(H,17,18). The van der Waals surface area contributed by atoms with Crippen LogP contribution in [-0.2, 0) is 0 Å². The molecule has 0 radical (unpaired) electrons. The summed E-state index contributed by atoms with van der Waals surface area (Å²) in [5.41, 5.74) is 1.79. The monoisotopic (exact) mass is 248 g/mol. The summed E-state index contributed by atoms with van der Waals surface area (Å²) in [4.78, 5) is 11.7. The van der Waals surface area contributed by atoms with Crippen molar-refractivity contribution in [3.05, 3.63) is 29.8 Å². The van der Waals surface area contributed by atoms with Gasteiger partial charge in [-0.05, 0) is 44.5 Å². The van der Waals surface area contributed by atoms with Crippen LogP contribution in [0.1, 0.15) is 50.4 Å². The van der Waals surface area contributed by atoms with E-state index in [9.17, 15) is 4.79 Å². The van der Waals surface area contributed by atoms with E-state index in [1.807, 2.05) is 38.1 Å². The maximum absolute atomic E-state index is 11.7. The van der Waals surface area contributed by atoms with Crippen molar-refractivity contribution in [2.45, 2.75) is 46.1 Å². The van der Waals surface area contributed by atoms with Crippen LogP contribution >= 0.6 is 0 Å². The summed E-state index contributed by atoms with van der Waals surface area (Å²) < 4.78 is 0. The van der Waals surface area contributed by atoms with Crippen molar-refractivity contribution in [1.82, 2.24) is 5.32 Å². The lowest BCUT2D eigenvalue weighted by Gasteiger charge is -2.09. The van der Waals surface area contributed by atoms with Gasteiger partial charge in [-0.25, -0.2) is 0 Å². The molecule has 18 heavy (non-hydrogen) atoms. The zero-order chi connectivity index (χ0) is 13.4. The second-order valence-corrected chi connectivity index (χ2v) is 4.84. The highest BCUT2D eigenvalue weighted by molar-refractivity contribution is 5.94. The summed E-state index contributed by atoms with van der Waals surface area (Å²) in [6.07, 6.45) is 3.67. The molecule has 0 spiro atoms. The summed E-state index contributed by atoms with van der Waals surface area (Å²) in [7, 11) is 0. The van der Waals surface area contributed by atoms with E-state index in [1.165, 1.54) is 19.3 Å². The molecular formula is C15H24N2O. The molecule has 1 rings (SSSR count). The van der Waals surface area contributed by atoms with Gasteiger partial charge in [-0.3, -0.25) is 4.79 Å². The van der Waals surface area contributed by atoms with Crippen molar-refractivity contribution >= 4 is 11.6 Å². The molecule has 0 bridgehead atoms. The van der Waals surface area contributed by atoms with Crippen LogP contribution in [0.4, 0.5) is 5.69 Å². The van der Waals surface area contributed by atoms with Gasteiger partial charge in [0.1, 0.15) is 0 Å². The maximum Gasteiger partial charge on any atom is 0.251 e. The van der Waals surface area contributed by atoms with Crippen LogP contribution in [-0.4, -0.2) is 18.5 Å². The highest BCUT2D eigenvalue weighted by atomic mass is 16.1. The summed E-state index contributed by atoms with van der Waals surface area (Å²) in [5, 5.41) is 6.23. The predicted molar refractivity (Wildman–Crippen MR) is 77.1 cm³/mol. The van der Waals surface area contributed by atoms with Crippen molar-refractivity contribution in [3.63, 3.8) is 0 Å². The molecule has 0 heterocycles. The van der Waals surface area contributed by atoms with Crippen molar-refractivity contribution < 1.29 is 4.79 Å². The van der Waals surface area contributed by atoms with Gasteiger partial charge in [0.2, 0.25) is 0 Å². The Hall–Kier alpha value is -1.51. The Balaban J connectivity index is 2.44. The first kappa shape index (κ1) is 14.6. The number of carbonyl (C=O) groups excluding carboxylic acids is 1. The Kier molecular flexibility index (Phi) is 6.26. The Morgan fingerprint density at radius 2 is 1.83 bits per heavy atom. The molecule has 1 amide bonds. The quantitative estimate of drug-likeness (QED) is 0.726. The first-order chi connectivity index (χ1) is 8.63.